The minimum absolute atomic E-state index is 0.879. The number of aromatic amines is 1. The van der Waals surface area contributed by atoms with Crippen molar-refractivity contribution in [2.24, 2.45) is 5.92 Å². The molecule has 0 bridgehead atoms. The van der Waals surface area contributed by atoms with E-state index in [2.05, 4.69) is 23.3 Å². The predicted octanol–water partition coefficient (Wildman–Crippen LogP) is 4.30. The lowest BCUT2D eigenvalue weighted by Gasteiger charge is -2.21. The molecule has 96 valence electrons. The van der Waals surface area contributed by atoms with Crippen molar-refractivity contribution in [3.05, 3.63) is 30.0 Å². The number of fused-ring (bicyclic) bond motifs is 1. The van der Waals surface area contributed by atoms with Crippen molar-refractivity contribution in [1.29, 1.82) is 0 Å². The van der Waals surface area contributed by atoms with E-state index in [1.165, 1.54) is 49.5 Å². The number of H-pyrrole nitrogens is 1. The van der Waals surface area contributed by atoms with E-state index in [1.807, 2.05) is 6.07 Å². The maximum absolute atomic E-state index is 5.40. The third-order valence-corrected chi connectivity index (χ3v) is 4.22. The van der Waals surface area contributed by atoms with Crippen LogP contribution >= 0.6 is 0 Å². The van der Waals surface area contributed by atoms with Gasteiger partial charge in [-0.2, -0.15) is 0 Å². The Morgan fingerprint density at radius 3 is 2.83 bits per heavy atom. The Morgan fingerprint density at radius 2 is 2.06 bits per heavy atom. The highest BCUT2D eigenvalue weighted by Gasteiger charge is 2.16. The van der Waals surface area contributed by atoms with Crippen molar-refractivity contribution in [2.75, 3.05) is 7.11 Å². The van der Waals surface area contributed by atoms with Crippen molar-refractivity contribution in [2.45, 2.75) is 38.5 Å². The van der Waals surface area contributed by atoms with E-state index in [-0.39, 0.29) is 0 Å². The number of benzene rings is 1. The lowest BCUT2D eigenvalue weighted by Crippen LogP contribution is -2.08. The van der Waals surface area contributed by atoms with Gasteiger partial charge in [-0.3, -0.25) is 0 Å². The average molecular weight is 243 g/mol. The van der Waals surface area contributed by atoms with Gasteiger partial charge in [0.15, 0.2) is 0 Å². The Kier molecular flexibility index (Phi) is 3.26. The summed E-state index contributed by atoms with van der Waals surface area (Å²) in [4.78, 5) is 3.37. The van der Waals surface area contributed by atoms with Gasteiger partial charge in [0.2, 0.25) is 0 Å². The third-order valence-electron chi connectivity index (χ3n) is 4.22. The van der Waals surface area contributed by atoms with Crippen molar-refractivity contribution in [3.63, 3.8) is 0 Å². The quantitative estimate of drug-likeness (QED) is 0.854. The highest BCUT2D eigenvalue weighted by atomic mass is 16.5. The molecule has 1 aliphatic carbocycles. The van der Waals surface area contributed by atoms with Crippen LogP contribution in [0.4, 0.5) is 0 Å². The molecule has 18 heavy (non-hydrogen) atoms. The molecule has 0 aliphatic heterocycles. The molecule has 1 N–H and O–H groups in total. The third kappa shape index (κ3) is 2.12. The van der Waals surface area contributed by atoms with Gasteiger partial charge >= 0.3 is 0 Å². The van der Waals surface area contributed by atoms with Gasteiger partial charge in [0.05, 0.1) is 12.6 Å². The summed E-state index contributed by atoms with van der Waals surface area (Å²) in [6.07, 6.45) is 10.4. The number of ether oxygens (including phenoxy) is 1. The first-order chi connectivity index (χ1) is 8.88. The van der Waals surface area contributed by atoms with E-state index in [1.54, 1.807) is 7.11 Å². The molecule has 2 heteroatoms. The van der Waals surface area contributed by atoms with Crippen LogP contribution in [0.1, 0.15) is 37.7 Å². The maximum atomic E-state index is 5.40. The number of hydrogen-bond donors (Lipinski definition) is 1. The number of methoxy groups -OCH3 is 1. The molecule has 0 atom stereocenters. The molecule has 1 saturated carbocycles. The summed E-state index contributed by atoms with van der Waals surface area (Å²) in [6.45, 7) is 0. The summed E-state index contributed by atoms with van der Waals surface area (Å²) < 4.78 is 5.40. The summed E-state index contributed by atoms with van der Waals surface area (Å²) in [5.74, 6) is 1.83. The van der Waals surface area contributed by atoms with Crippen molar-refractivity contribution < 1.29 is 4.74 Å². The highest BCUT2D eigenvalue weighted by molar-refractivity contribution is 5.88. The second kappa shape index (κ2) is 5.05. The standard InChI is InChI=1S/C16H21NO/c1-18-15-9-5-8-14-13(11-17-16(14)15)10-12-6-3-2-4-7-12/h5,8-9,11-12,17H,2-4,6-7,10H2,1H3. The van der Waals surface area contributed by atoms with E-state index in [4.69, 9.17) is 4.74 Å². The van der Waals surface area contributed by atoms with Crippen LogP contribution in [0.5, 0.6) is 5.75 Å². The highest BCUT2D eigenvalue weighted by Crippen LogP contribution is 2.32. The van der Waals surface area contributed by atoms with Crippen LogP contribution in [0.15, 0.2) is 24.4 Å². The van der Waals surface area contributed by atoms with Crippen LogP contribution in [-0.2, 0) is 6.42 Å². The van der Waals surface area contributed by atoms with E-state index in [0.29, 0.717) is 0 Å². The predicted molar refractivity (Wildman–Crippen MR) is 75.1 cm³/mol. The molecule has 0 spiro atoms. The summed E-state index contributed by atoms with van der Waals surface area (Å²) in [7, 11) is 1.73. The smallest absolute Gasteiger partial charge is 0.142 e. The number of para-hydroxylation sites is 1. The van der Waals surface area contributed by atoms with Gasteiger partial charge in [0, 0.05) is 11.6 Å². The van der Waals surface area contributed by atoms with Crippen molar-refractivity contribution in [1.82, 2.24) is 4.98 Å². The van der Waals surface area contributed by atoms with E-state index < -0.39 is 0 Å². The first-order valence-electron chi connectivity index (χ1n) is 7.01. The molecule has 3 rings (SSSR count). The van der Waals surface area contributed by atoms with Gasteiger partial charge in [0.25, 0.3) is 0 Å². The number of hydrogen-bond acceptors (Lipinski definition) is 1. The van der Waals surface area contributed by atoms with Crippen molar-refractivity contribution in [3.8, 4) is 5.75 Å². The Bertz CT molecular complexity index is 523. The maximum Gasteiger partial charge on any atom is 0.142 e. The molecule has 1 aliphatic rings. The van der Waals surface area contributed by atoms with Crippen LogP contribution in [0.3, 0.4) is 0 Å². The van der Waals surface area contributed by atoms with Crippen LogP contribution in [0.25, 0.3) is 10.9 Å². The number of aromatic nitrogens is 1. The summed E-state index contributed by atoms with van der Waals surface area (Å²) >= 11 is 0. The fraction of sp³-hybridized carbons (Fsp3) is 0.500. The first-order valence-corrected chi connectivity index (χ1v) is 7.01. The molecule has 0 amide bonds. The number of rotatable bonds is 3. The molecule has 2 aromatic rings. The number of nitrogens with one attached hydrogen (secondary N) is 1. The van der Waals surface area contributed by atoms with Gasteiger partial charge in [0.1, 0.15) is 5.75 Å². The van der Waals surface area contributed by atoms with Crippen LogP contribution in [0, 0.1) is 5.92 Å². The van der Waals surface area contributed by atoms with Crippen LogP contribution in [0.2, 0.25) is 0 Å². The van der Waals surface area contributed by atoms with Crippen LogP contribution in [-0.4, -0.2) is 12.1 Å². The Morgan fingerprint density at radius 1 is 1.22 bits per heavy atom. The summed E-state index contributed by atoms with van der Waals surface area (Å²) in [6, 6.07) is 6.30. The van der Waals surface area contributed by atoms with Crippen LogP contribution < -0.4 is 4.74 Å². The lowest BCUT2D eigenvalue weighted by molar-refractivity contribution is 0.357. The fourth-order valence-electron chi connectivity index (χ4n) is 3.23. The monoisotopic (exact) mass is 243 g/mol. The normalized spacial score (nSPS) is 17.2. The molecular weight excluding hydrogens is 222 g/mol. The second-order valence-corrected chi connectivity index (χ2v) is 5.40. The molecule has 1 aromatic heterocycles. The first kappa shape index (κ1) is 11.6. The summed E-state index contributed by atoms with van der Waals surface area (Å²) in [5, 5.41) is 1.33. The largest absolute Gasteiger partial charge is 0.495 e. The zero-order chi connectivity index (χ0) is 12.4. The molecule has 1 fully saturated rings. The van der Waals surface area contributed by atoms with E-state index in [9.17, 15) is 0 Å². The second-order valence-electron chi connectivity index (χ2n) is 5.40. The van der Waals surface area contributed by atoms with Gasteiger partial charge in [-0.1, -0.05) is 44.2 Å². The van der Waals surface area contributed by atoms with Gasteiger partial charge in [-0.05, 0) is 24.0 Å². The Balaban J connectivity index is 1.88. The minimum Gasteiger partial charge on any atom is -0.495 e. The Labute approximate surface area is 108 Å². The van der Waals surface area contributed by atoms with Gasteiger partial charge in [-0.25, -0.2) is 0 Å². The summed E-state index contributed by atoms with van der Waals surface area (Å²) in [5.41, 5.74) is 2.60. The van der Waals surface area contributed by atoms with Gasteiger partial charge in [-0.15, -0.1) is 0 Å². The zero-order valence-corrected chi connectivity index (χ0v) is 11.0. The molecule has 0 radical (unpaired) electrons. The molecule has 0 unspecified atom stereocenters. The Hall–Kier alpha value is -1.44. The topological polar surface area (TPSA) is 25.0 Å². The van der Waals surface area contributed by atoms with E-state index >= 15 is 0 Å². The molecule has 1 aromatic carbocycles. The van der Waals surface area contributed by atoms with E-state index in [0.717, 1.165) is 17.2 Å². The molecule has 0 saturated heterocycles. The zero-order valence-electron chi connectivity index (χ0n) is 11.0. The molecule has 2 nitrogen and oxygen atoms in total. The minimum atomic E-state index is 0.879. The molecule has 1 heterocycles. The lowest BCUT2D eigenvalue weighted by atomic mass is 9.85. The average Bonchev–Trinajstić information content (AvgIpc) is 2.83. The fourth-order valence-corrected chi connectivity index (χ4v) is 3.23. The van der Waals surface area contributed by atoms with Gasteiger partial charge < -0.3 is 9.72 Å². The SMILES string of the molecule is COc1cccc2c(CC3CCCCC3)c[nH]c12. The van der Waals surface area contributed by atoms with Crippen molar-refractivity contribution >= 4 is 10.9 Å². The molecular formula is C16H21NO.